The molecule has 94 valence electrons. The van der Waals surface area contributed by atoms with Crippen molar-refractivity contribution in [2.24, 2.45) is 0 Å². The monoisotopic (exact) mass is 311 g/mol. The van der Waals surface area contributed by atoms with Gasteiger partial charge in [0.05, 0.1) is 10.0 Å². The summed E-state index contributed by atoms with van der Waals surface area (Å²) in [5.74, 6) is 0.542. The molecule has 0 atom stereocenters. The lowest BCUT2D eigenvalue weighted by molar-refractivity contribution is -0.612. The summed E-state index contributed by atoms with van der Waals surface area (Å²) < 4.78 is 20.1. The second kappa shape index (κ2) is 4.94. The van der Waals surface area contributed by atoms with Gasteiger partial charge in [-0.2, -0.15) is 4.73 Å². The Balaban J connectivity index is 2.34. The van der Waals surface area contributed by atoms with Crippen molar-refractivity contribution < 1.29 is 13.9 Å². The first-order valence-electron chi connectivity index (χ1n) is 5.31. The summed E-state index contributed by atoms with van der Waals surface area (Å²) in [5.41, 5.74) is 1.29. The number of pyridine rings is 1. The summed E-state index contributed by atoms with van der Waals surface area (Å²) in [6, 6.07) is 6.08. The fourth-order valence-electron chi connectivity index (χ4n) is 1.49. The number of hydrogen-bond donors (Lipinski definition) is 0. The predicted molar refractivity (Wildman–Crippen MR) is 69.1 cm³/mol. The lowest BCUT2D eigenvalue weighted by Crippen LogP contribution is -2.30. The molecule has 0 saturated carbocycles. The quantitative estimate of drug-likeness (QED) is 0.627. The van der Waals surface area contributed by atoms with Crippen molar-refractivity contribution in [1.82, 2.24) is 0 Å². The maximum absolute atomic E-state index is 13.3. The fraction of sp³-hybridized carbons (Fsp3) is 0.154. The average Bonchev–Trinajstić information content (AvgIpc) is 2.34. The van der Waals surface area contributed by atoms with Crippen LogP contribution in [0, 0.1) is 24.9 Å². The van der Waals surface area contributed by atoms with Crippen LogP contribution in [-0.2, 0) is 0 Å². The Labute approximate surface area is 113 Å². The number of hydrogen-bond acceptors (Lipinski definition) is 2. The molecule has 0 aliphatic carbocycles. The van der Waals surface area contributed by atoms with Crippen LogP contribution >= 0.6 is 15.9 Å². The highest BCUT2D eigenvalue weighted by Gasteiger charge is 2.11. The topological polar surface area (TPSA) is 36.2 Å². The molecule has 1 heterocycles. The molecule has 0 N–H and O–H groups in total. The van der Waals surface area contributed by atoms with E-state index in [2.05, 4.69) is 15.9 Å². The number of nitrogens with zero attached hydrogens (tertiary/aromatic N) is 1. The number of halogens is 2. The number of ether oxygens (including phenoxy) is 1. The van der Waals surface area contributed by atoms with Gasteiger partial charge in [-0.15, -0.1) is 0 Å². The van der Waals surface area contributed by atoms with E-state index >= 15 is 0 Å². The van der Waals surface area contributed by atoms with Gasteiger partial charge in [-0.05, 0) is 35.0 Å². The smallest absolute Gasteiger partial charge is 0.196 e. The molecule has 0 amide bonds. The molecule has 5 heteroatoms. The molecule has 3 nitrogen and oxygen atoms in total. The Kier molecular flexibility index (Phi) is 3.52. The maximum Gasteiger partial charge on any atom is 0.196 e. The minimum atomic E-state index is -0.392. The molecular weight excluding hydrogens is 301 g/mol. The van der Waals surface area contributed by atoms with Gasteiger partial charge in [0, 0.05) is 19.1 Å². The molecule has 2 rings (SSSR count). The Morgan fingerprint density at radius 2 is 2.00 bits per heavy atom. The van der Waals surface area contributed by atoms with Gasteiger partial charge in [0.1, 0.15) is 17.3 Å². The predicted octanol–water partition coefficient (Wildman–Crippen LogP) is 3.63. The van der Waals surface area contributed by atoms with E-state index in [9.17, 15) is 9.60 Å². The van der Waals surface area contributed by atoms with Gasteiger partial charge in [-0.3, -0.25) is 0 Å². The van der Waals surface area contributed by atoms with E-state index < -0.39 is 5.82 Å². The lowest BCUT2D eigenvalue weighted by Gasteiger charge is -2.10. The Hall–Kier alpha value is -1.62. The lowest BCUT2D eigenvalue weighted by atomic mass is 10.2. The third kappa shape index (κ3) is 2.46. The van der Waals surface area contributed by atoms with Crippen molar-refractivity contribution in [3.8, 4) is 11.5 Å². The van der Waals surface area contributed by atoms with Gasteiger partial charge in [-0.1, -0.05) is 0 Å². The van der Waals surface area contributed by atoms with Gasteiger partial charge >= 0.3 is 0 Å². The van der Waals surface area contributed by atoms with E-state index in [1.54, 1.807) is 32.0 Å². The minimum Gasteiger partial charge on any atom is -0.618 e. The van der Waals surface area contributed by atoms with Gasteiger partial charge < -0.3 is 9.94 Å². The van der Waals surface area contributed by atoms with Crippen LogP contribution in [-0.4, -0.2) is 0 Å². The Bertz CT molecular complexity index is 602. The fourth-order valence-corrected chi connectivity index (χ4v) is 1.74. The van der Waals surface area contributed by atoms with Crippen molar-refractivity contribution >= 4 is 15.9 Å². The highest BCUT2D eigenvalue weighted by atomic mass is 79.9. The number of benzene rings is 1. The van der Waals surface area contributed by atoms with Crippen LogP contribution in [0.2, 0.25) is 0 Å². The zero-order valence-corrected chi connectivity index (χ0v) is 11.5. The van der Waals surface area contributed by atoms with Gasteiger partial charge in [0.15, 0.2) is 11.9 Å². The van der Waals surface area contributed by atoms with Crippen molar-refractivity contribution in [1.29, 1.82) is 0 Å². The molecule has 0 radical (unpaired) electrons. The van der Waals surface area contributed by atoms with Crippen LogP contribution in [0.15, 0.2) is 34.9 Å². The summed E-state index contributed by atoms with van der Waals surface area (Å²) in [6.45, 7) is 3.49. The van der Waals surface area contributed by atoms with Gasteiger partial charge in [0.2, 0.25) is 0 Å². The van der Waals surface area contributed by atoms with Crippen molar-refractivity contribution in [3.63, 3.8) is 0 Å². The van der Waals surface area contributed by atoms with Crippen LogP contribution in [0.25, 0.3) is 0 Å². The summed E-state index contributed by atoms with van der Waals surface area (Å²) in [5, 5.41) is 11.3. The molecule has 0 bridgehead atoms. The number of rotatable bonds is 2. The minimum absolute atomic E-state index is 0.383. The molecule has 0 saturated heterocycles. The molecule has 1 aromatic carbocycles. The molecule has 0 unspecified atom stereocenters. The summed E-state index contributed by atoms with van der Waals surface area (Å²) >= 11 is 3.08. The first-order chi connectivity index (χ1) is 8.49. The van der Waals surface area contributed by atoms with Crippen LogP contribution in [0.5, 0.6) is 11.5 Å². The SMILES string of the molecule is Cc1c(Oc2ccc(Br)c(F)c2)cc[n+]([O-])c1C. The average molecular weight is 312 g/mol. The second-order valence-corrected chi connectivity index (χ2v) is 4.75. The molecule has 0 aliphatic rings. The van der Waals surface area contributed by atoms with E-state index in [4.69, 9.17) is 4.74 Å². The molecule has 2 aromatic rings. The summed E-state index contributed by atoms with van der Waals surface area (Å²) in [6.07, 6.45) is 1.37. The third-order valence-electron chi connectivity index (χ3n) is 2.72. The first kappa shape index (κ1) is 12.8. The maximum atomic E-state index is 13.3. The van der Waals surface area contributed by atoms with Crippen LogP contribution < -0.4 is 9.47 Å². The van der Waals surface area contributed by atoms with Gasteiger partial charge in [-0.25, -0.2) is 4.39 Å². The zero-order valence-electron chi connectivity index (χ0n) is 9.91. The van der Waals surface area contributed by atoms with E-state index in [1.165, 1.54) is 12.3 Å². The highest BCUT2D eigenvalue weighted by molar-refractivity contribution is 9.10. The molecule has 1 aromatic heterocycles. The van der Waals surface area contributed by atoms with E-state index in [0.717, 1.165) is 10.3 Å². The Morgan fingerprint density at radius 3 is 2.67 bits per heavy atom. The summed E-state index contributed by atoms with van der Waals surface area (Å²) in [7, 11) is 0. The van der Waals surface area contributed by atoms with Crippen molar-refractivity contribution in [3.05, 3.63) is 57.2 Å². The van der Waals surface area contributed by atoms with Crippen LogP contribution in [0.4, 0.5) is 4.39 Å². The number of aromatic nitrogens is 1. The van der Waals surface area contributed by atoms with Crippen LogP contribution in [0.1, 0.15) is 11.3 Å². The first-order valence-corrected chi connectivity index (χ1v) is 6.10. The Morgan fingerprint density at radius 1 is 1.28 bits per heavy atom. The van der Waals surface area contributed by atoms with E-state index in [0.29, 0.717) is 21.7 Å². The largest absolute Gasteiger partial charge is 0.618 e. The van der Waals surface area contributed by atoms with Gasteiger partial charge in [0.25, 0.3) is 0 Å². The molecular formula is C13H11BrFNO2. The second-order valence-electron chi connectivity index (χ2n) is 3.89. The van der Waals surface area contributed by atoms with Crippen LogP contribution in [0.3, 0.4) is 0 Å². The standard InChI is InChI=1S/C13H11BrFNO2/c1-8-9(2)16(17)6-5-13(8)18-10-3-4-11(14)12(15)7-10/h3-7H,1-2H3. The van der Waals surface area contributed by atoms with Crippen molar-refractivity contribution in [2.75, 3.05) is 0 Å². The molecule has 0 fully saturated rings. The highest BCUT2D eigenvalue weighted by Crippen LogP contribution is 2.27. The van der Waals surface area contributed by atoms with E-state index in [-0.39, 0.29) is 0 Å². The van der Waals surface area contributed by atoms with E-state index in [1.807, 2.05) is 0 Å². The molecule has 0 aliphatic heterocycles. The normalized spacial score (nSPS) is 10.4. The molecule has 18 heavy (non-hydrogen) atoms. The zero-order chi connectivity index (χ0) is 13.3. The molecule has 0 spiro atoms. The third-order valence-corrected chi connectivity index (χ3v) is 3.37. The van der Waals surface area contributed by atoms with Crippen molar-refractivity contribution in [2.45, 2.75) is 13.8 Å². The summed E-state index contributed by atoms with van der Waals surface area (Å²) in [4.78, 5) is 0.